The van der Waals surface area contributed by atoms with Gasteiger partial charge in [-0.25, -0.2) is 0 Å². The molecule has 1 atom stereocenters. The van der Waals surface area contributed by atoms with Crippen molar-refractivity contribution >= 4 is 5.91 Å². The lowest BCUT2D eigenvalue weighted by Gasteiger charge is -2.31. The average Bonchev–Trinajstić information content (AvgIpc) is 3.00. The zero-order chi connectivity index (χ0) is 15.2. The predicted octanol–water partition coefficient (Wildman–Crippen LogP) is 1.97. The van der Waals surface area contributed by atoms with Crippen LogP contribution in [0, 0.1) is 5.92 Å². The Bertz CT molecular complexity index is 454. The van der Waals surface area contributed by atoms with Crippen LogP contribution in [-0.2, 0) is 6.54 Å². The molecule has 1 N–H and O–H groups in total. The third-order valence-electron chi connectivity index (χ3n) is 4.21. The van der Waals surface area contributed by atoms with Crippen LogP contribution in [0.3, 0.4) is 0 Å². The second-order valence-electron chi connectivity index (χ2n) is 5.67. The lowest BCUT2D eigenvalue weighted by atomic mass is 9.99. The quantitative estimate of drug-likeness (QED) is 0.871. The highest BCUT2D eigenvalue weighted by Gasteiger charge is 2.25. The fraction of sp³-hybridized carbons (Fsp3) is 0.688. The standard InChI is InChI=1S/C16H26N2O3/c1-3-17(4-2)11-14-7-8-15(21-14)16(20)18-9-5-6-13(10-18)12-19/h7-8,13,19H,3-6,9-12H2,1-2H3. The maximum Gasteiger partial charge on any atom is 0.289 e. The second-order valence-corrected chi connectivity index (χ2v) is 5.67. The first-order valence-electron chi connectivity index (χ1n) is 7.89. The van der Waals surface area contributed by atoms with Crippen LogP contribution in [0.4, 0.5) is 0 Å². The van der Waals surface area contributed by atoms with Gasteiger partial charge in [-0.3, -0.25) is 9.69 Å². The van der Waals surface area contributed by atoms with E-state index in [-0.39, 0.29) is 18.4 Å². The Kier molecular flexibility index (Phi) is 5.82. The topological polar surface area (TPSA) is 56.9 Å². The van der Waals surface area contributed by atoms with Crippen molar-refractivity contribution < 1.29 is 14.3 Å². The molecular weight excluding hydrogens is 268 g/mol. The molecule has 5 heteroatoms. The Morgan fingerprint density at radius 1 is 1.43 bits per heavy atom. The number of likely N-dealkylation sites (tertiary alicyclic amines) is 1. The summed E-state index contributed by atoms with van der Waals surface area (Å²) in [5.74, 6) is 1.39. The van der Waals surface area contributed by atoms with E-state index in [9.17, 15) is 9.90 Å². The highest BCUT2D eigenvalue weighted by molar-refractivity contribution is 5.91. The minimum atomic E-state index is -0.0565. The van der Waals surface area contributed by atoms with Gasteiger partial charge in [-0.1, -0.05) is 13.8 Å². The van der Waals surface area contributed by atoms with E-state index in [2.05, 4.69) is 18.7 Å². The predicted molar refractivity (Wildman–Crippen MR) is 81.0 cm³/mol. The Morgan fingerprint density at radius 2 is 2.19 bits per heavy atom. The first kappa shape index (κ1) is 16.0. The Hall–Kier alpha value is -1.33. The van der Waals surface area contributed by atoms with Gasteiger partial charge in [0.2, 0.25) is 0 Å². The van der Waals surface area contributed by atoms with Gasteiger partial charge >= 0.3 is 0 Å². The number of rotatable bonds is 6. The molecule has 0 aromatic carbocycles. The van der Waals surface area contributed by atoms with E-state index in [0.29, 0.717) is 12.3 Å². The normalized spacial score (nSPS) is 19.2. The molecule has 0 radical (unpaired) electrons. The number of furan rings is 1. The van der Waals surface area contributed by atoms with Crippen LogP contribution < -0.4 is 0 Å². The molecule has 1 aromatic rings. The van der Waals surface area contributed by atoms with Crippen LogP contribution in [0.25, 0.3) is 0 Å². The minimum Gasteiger partial charge on any atom is -0.455 e. The molecule has 5 nitrogen and oxygen atoms in total. The SMILES string of the molecule is CCN(CC)Cc1ccc(C(=O)N2CCCC(CO)C2)o1. The van der Waals surface area contributed by atoms with E-state index >= 15 is 0 Å². The number of carbonyl (C=O) groups is 1. The van der Waals surface area contributed by atoms with E-state index in [0.717, 1.165) is 44.8 Å². The molecular formula is C16H26N2O3. The fourth-order valence-corrected chi connectivity index (χ4v) is 2.80. The molecule has 0 saturated carbocycles. The van der Waals surface area contributed by atoms with Gasteiger partial charge in [0.05, 0.1) is 6.54 Å². The lowest BCUT2D eigenvalue weighted by molar-refractivity contribution is 0.0587. The molecule has 21 heavy (non-hydrogen) atoms. The number of hydrogen-bond donors (Lipinski definition) is 1. The van der Waals surface area contributed by atoms with Crippen molar-refractivity contribution in [3.8, 4) is 0 Å². The molecule has 1 aliphatic rings. The third-order valence-corrected chi connectivity index (χ3v) is 4.21. The van der Waals surface area contributed by atoms with Crippen LogP contribution in [0.15, 0.2) is 16.5 Å². The van der Waals surface area contributed by atoms with Gasteiger partial charge < -0.3 is 14.4 Å². The summed E-state index contributed by atoms with van der Waals surface area (Å²) < 4.78 is 5.71. The molecule has 1 unspecified atom stereocenters. The number of piperidine rings is 1. The summed E-state index contributed by atoms with van der Waals surface area (Å²) in [6.45, 7) is 8.41. The summed E-state index contributed by atoms with van der Waals surface area (Å²) in [5, 5.41) is 9.25. The van der Waals surface area contributed by atoms with Crippen molar-refractivity contribution in [3.05, 3.63) is 23.7 Å². The second kappa shape index (κ2) is 7.61. The van der Waals surface area contributed by atoms with E-state index in [4.69, 9.17) is 4.42 Å². The van der Waals surface area contributed by atoms with Crippen LogP contribution >= 0.6 is 0 Å². The molecule has 1 fully saturated rings. The van der Waals surface area contributed by atoms with Gasteiger partial charge in [-0.15, -0.1) is 0 Å². The highest BCUT2D eigenvalue weighted by Crippen LogP contribution is 2.19. The van der Waals surface area contributed by atoms with Crippen LogP contribution in [0.2, 0.25) is 0 Å². The van der Waals surface area contributed by atoms with Crippen LogP contribution in [0.1, 0.15) is 43.0 Å². The molecule has 1 aromatic heterocycles. The zero-order valence-corrected chi connectivity index (χ0v) is 13.0. The maximum atomic E-state index is 12.4. The van der Waals surface area contributed by atoms with E-state index in [1.54, 1.807) is 11.0 Å². The van der Waals surface area contributed by atoms with Crippen molar-refractivity contribution in [3.63, 3.8) is 0 Å². The maximum absolute atomic E-state index is 12.4. The molecule has 0 bridgehead atoms. The number of aliphatic hydroxyl groups is 1. The van der Waals surface area contributed by atoms with E-state index < -0.39 is 0 Å². The summed E-state index contributed by atoms with van der Waals surface area (Å²) in [7, 11) is 0. The van der Waals surface area contributed by atoms with Gasteiger partial charge in [-0.05, 0) is 44.0 Å². The molecule has 0 aliphatic carbocycles. The summed E-state index contributed by atoms with van der Waals surface area (Å²) in [5.41, 5.74) is 0. The molecule has 118 valence electrons. The van der Waals surface area contributed by atoms with Gasteiger partial charge in [0.25, 0.3) is 5.91 Å². The highest BCUT2D eigenvalue weighted by atomic mass is 16.4. The fourth-order valence-electron chi connectivity index (χ4n) is 2.80. The largest absolute Gasteiger partial charge is 0.455 e. The van der Waals surface area contributed by atoms with E-state index in [1.807, 2.05) is 6.07 Å². The first-order chi connectivity index (χ1) is 10.2. The van der Waals surface area contributed by atoms with Crippen LogP contribution in [-0.4, -0.2) is 53.6 Å². The smallest absolute Gasteiger partial charge is 0.289 e. The zero-order valence-electron chi connectivity index (χ0n) is 13.0. The summed E-state index contributed by atoms with van der Waals surface area (Å²) >= 11 is 0. The summed E-state index contributed by atoms with van der Waals surface area (Å²) in [6, 6.07) is 3.66. The van der Waals surface area contributed by atoms with Gasteiger partial charge in [0.15, 0.2) is 5.76 Å². The summed E-state index contributed by atoms with van der Waals surface area (Å²) in [4.78, 5) is 16.5. The van der Waals surface area contributed by atoms with Crippen molar-refractivity contribution in [2.24, 2.45) is 5.92 Å². The lowest BCUT2D eigenvalue weighted by Crippen LogP contribution is -2.40. The Labute approximate surface area is 126 Å². The summed E-state index contributed by atoms with van der Waals surface area (Å²) in [6.07, 6.45) is 1.94. The van der Waals surface area contributed by atoms with Gasteiger partial charge in [0, 0.05) is 19.7 Å². The van der Waals surface area contributed by atoms with Gasteiger partial charge in [0.1, 0.15) is 5.76 Å². The number of nitrogens with zero attached hydrogens (tertiary/aromatic N) is 2. The van der Waals surface area contributed by atoms with E-state index in [1.165, 1.54) is 0 Å². The molecule has 1 aliphatic heterocycles. The van der Waals surface area contributed by atoms with Crippen molar-refractivity contribution in [2.45, 2.75) is 33.2 Å². The Morgan fingerprint density at radius 3 is 2.86 bits per heavy atom. The third kappa shape index (κ3) is 4.08. The molecule has 0 spiro atoms. The number of carbonyl (C=O) groups excluding carboxylic acids is 1. The van der Waals surface area contributed by atoms with Crippen LogP contribution in [0.5, 0.6) is 0 Å². The minimum absolute atomic E-state index is 0.0565. The molecule has 1 saturated heterocycles. The number of aliphatic hydroxyl groups excluding tert-OH is 1. The van der Waals surface area contributed by atoms with Crippen molar-refractivity contribution in [2.75, 3.05) is 32.8 Å². The molecule has 2 rings (SSSR count). The molecule has 1 amide bonds. The average molecular weight is 294 g/mol. The number of amides is 1. The number of hydrogen-bond acceptors (Lipinski definition) is 4. The van der Waals surface area contributed by atoms with Crippen molar-refractivity contribution in [1.82, 2.24) is 9.80 Å². The Balaban J connectivity index is 1.98. The van der Waals surface area contributed by atoms with Gasteiger partial charge in [-0.2, -0.15) is 0 Å². The first-order valence-corrected chi connectivity index (χ1v) is 7.89. The monoisotopic (exact) mass is 294 g/mol. The molecule has 2 heterocycles. The van der Waals surface area contributed by atoms with Crippen molar-refractivity contribution in [1.29, 1.82) is 0 Å².